The third kappa shape index (κ3) is 5.01. The zero-order valence-corrected chi connectivity index (χ0v) is 35.1. The Morgan fingerprint density at radius 3 is 1.50 bits per heavy atom. The maximum Gasteiger partial charge on any atom is 0.164 e. The second-order valence-electron chi connectivity index (χ2n) is 16.7. The zero-order chi connectivity index (χ0) is 43.5. The van der Waals surface area contributed by atoms with Gasteiger partial charge >= 0.3 is 0 Å². The minimum atomic E-state index is 0.412. The van der Waals surface area contributed by atoms with Gasteiger partial charge in [0.25, 0.3) is 0 Å². The summed E-state index contributed by atoms with van der Waals surface area (Å²) in [5.74, 6) is 0.460. The summed E-state index contributed by atoms with van der Waals surface area (Å²) in [5, 5.41) is 19.1. The molecule has 0 unspecified atom stereocenters. The number of aromatic nitrogens is 4. The summed E-state index contributed by atoms with van der Waals surface area (Å²) in [5.41, 5.74) is 13.2. The van der Waals surface area contributed by atoms with Gasteiger partial charge in [-0.1, -0.05) is 152 Å². The third-order valence-electron chi connectivity index (χ3n) is 13.2. The highest BCUT2D eigenvalue weighted by atomic mass is 16.3. The summed E-state index contributed by atoms with van der Waals surface area (Å²) >= 11 is 0. The van der Waals surface area contributed by atoms with Crippen molar-refractivity contribution in [3.8, 4) is 51.3 Å². The molecule has 0 N–H and O–H groups in total. The van der Waals surface area contributed by atoms with Gasteiger partial charge in [0.2, 0.25) is 0 Å². The van der Waals surface area contributed by atoms with Gasteiger partial charge in [-0.25, -0.2) is 9.97 Å². The fourth-order valence-electron chi connectivity index (χ4n) is 10.4. The quantitative estimate of drug-likeness (QED) is 0.172. The van der Waals surface area contributed by atoms with E-state index in [4.69, 9.17) is 18.8 Å². The van der Waals surface area contributed by atoms with Gasteiger partial charge in [0.15, 0.2) is 5.82 Å². The molecule has 66 heavy (non-hydrogen) atoms. The van der Waals surface area contributed by atoms with Gasteiger partial charge in [0.05, 0.1) is 60.9 Å². The molecule has 306 valence electrons. The van der Waals surface area contributed by atoms with Crippen LogP contribution in [0.5, 0.6) is 0 Å². The molecule has 0 bridgehead atoms. The maximum atomic E-state index is 10.7. The molecule has 7 heteroatoms. The van der Waals surface area contributed by atoms with Crippen LogP contribution in [0.4, 0.5) is 0 Å². The summed E-state index contributed by atoms with van der Waals surface area (Å²) < 4.78 is 18.9. The molecule has 0 amide bonds. The molecule has 0 saturated heterocycles. The number of para-hydroxylation sites is 5. The van der Waals surface area contributed by atoms with E-state index in [2.05, 4.69) is 137 Å². The molecule has 14 rings (SSSR count). The number of nitriles is 1. The molecule has 0 fully saturated rings. The Labute approximate surface area is 376 Å². The maximum absolute atomic E-state index is 10.7. The second kappa shape index (κ2) is 13.9. The van der Waals surface area contributed by atoms with E-state index in [-0.39, 0.29) is 0 Å². The SMILES string of the molecule is N#Cc1c(-c2ccccc2)nc(-c2ccc(-n3c4ccccc4c4c5oc6ccccc6c5c5c(c6ccccc6n5-c5ccccc5)c43)c3c2oc2ccccc23)nc1-c1ccccc1. The number of rotatable bonds is 5. The van der Waals surface area contributed by atoms with Crippen molar-refractivity contribution in [3.63, 3.8) is 0 Å². The van der Waals surface area contributed by atoms with Gasteiger partial charge < -0.3 is 18.0 Å². The molecule has 5 heterocycles. The molecular weight excluding hydrogens is 811 g/mol. The molecule has 9 aromatic carbocycles. The van der Waals surface area contributed by atoms with E-state index in [0.717, 1.165) is 110 Å². The normalized spacial score (nSPS) is 11.9. The van der Waals surface area contributed by atoms with Crippen LogP contribution in [0.1, 0.15) is 5.56 Å². The van der Waals surface area contributed by atoms with E-state index < -0.39 is 0 Å². The zero-order valence-electron chi connectivity index (χ0n) is 35.1. The van der Waals surface area contributed by atoms with Crippen molar-refractivity contribution in [2.75, 3.05) is 0 Å². The lowest BCUT2D eigenvalue weighted by atomic mass is 9.99. The van der Waals surface area contributed by atoms with Crippen molar-refractivity contribution < 1.29 is 8.83 Å². The van der Waals surface area contributed by atoms with E-state index >= 15 is 0 Å². The highest BCUT2D eigenvalue weighted by Crippen LogP contribution is 2.51. The van der Waals surface area contributed by atoms with Gasteiger partial charge in [-0.05, 0) is 48.5 Å². The first kappa shape index (κ1) is 36.3. The van der Waals surface area contributed by atoms with Crippen LogP contribution in [-0.4, -0.2) is 19.1 Å². The number of fused-ring (bicyclic) bond motifs is 15. The summed E-state index contributed by atoms with van der Waals surface area (Å²) in [6.45, 7) is 0. The Morgan fingerprint density at radius 2 is 0.879 bits per heavy atom. The van der Waals surface area contributed by atoms with Crippen molar-refractivity contribution in [2.24, 2.45) is 0 Å². The van der Waals surface area contributed by atoms with Crippen LogP contribution in [-0.2, 0) is 0 Å². The number of hydrogen-bond donors (Lipinski definition) is 0. The van der Waals surface area contributed by atoms with Crippen LogP contribution in [0.3, 0.4) is 0 Å². The van der Waals surface area contributed by atoms with Gasteiger partial charge in [-0.15, -0.1) is 0 Å². The Kier molecular flexibility index (Phi) is 7.62. The summed E-state index contributed by atoms with van der Waals surface area (Å²) in [6, 6.07) is 71.0. The number of hydrogen-bond acceptors (Lipinski definition) is 5. The molecule has 0 radical (unpaired) electrons. The molecule has 0 saturated carbocycles. The minimum absolute atomic E-state index is 0.412. The number of nitrogens with zero attached hydrogens (tertiary/aromatic N) is 5. The standard InChI is InChI=1S/C59H33N5O2/c60-34-43-53(35-18-4-1-5-19-35)61-59(62-54(43)36-20-6-2-7-21-36)42-32-33-46(49-40-26-12-16-30-47(40)65-57(42)49)64-45-29-15-11-25-39(45)51-56(64)50-38-24-10-14-28-44(38)63(37-22-8-3-9-23-37)55(50)52-41-27-13-17-31-48(41)66-58(51)52/h1-33H. The number of furan rings is 2. The van der Waals surface area contributed by atoms with Crippen LogP contribution in [0.25, 0.3) is 133 Å². The molecule has 0 atom stereocenters. The molecule has 0 spiro atoms. The van der Waals surface area contributed by atoms with Crippen molar-refractivity contribution in [2.45, 2.75) is 0 Å². The second-order valence-corrected chi connectivity index (χ2v) is 16.7. The fourth-order valence-corrected chi connectivity index (χ4v) is 10.4. The summed E-state index contributed by atoms with van der Waals surface area (Å²) in [6.07, 6.45) is 0. The molecule has 0 aliphatic heterocycles. The lowest BCUT2D eigenvalue weighted by Crippen LogP contribution is -2.02. The molecule has 5 aromatic heterocycles. The Balaban J connectivity index is 1.17. The van der Waals surface area contributed by atoms with E-state index in [1.807, 2.05) is 78.9 Å². The fraction of sp³-hybridized carbons (Fsp3) is 0. The molecule has 14 aromatic rings. The highest BCUT2D eigenvalue weighted by molar-refractivity contribution is 6.39. The average molecular weight is 844 g/mol. The molecular formula is C59H33N5O2. The molecule has 0 aliphatic rings. The van der Waals surface area contributed by atoms with Crippen LogP contribution < -0.4 is 0 Å². The van der Waals surface area contributed by atoms with Gasteiger partial charge in [-0.2, -0.15) is 5.26 Å². The van der Waals surface area contributed by atoms with E-state index in [1.165, 1.54) is 0 Å². The predicted octanol–water partition coefficient (Wildman–Crippen LogP) is 15.3. The Bertz CT molecular complexity index is 4280. The van der Waals surface area contributed by atoms with Gasteiger partial charge in [0.1, 0.15) is 34.0 Å². The van der Waals surface area contributed by atoms with Crippen LogP contribution in [0.15, 0.2) is 209 Å². The van der Waals surface area contributed by atoms with E-state index in [0.29, 0.717) is 28.4 Å². The van der Waals surface area contributed by atoms with Crippen molar-refractivity contribution in [1.29, 1.82) is 5.26 Å². The Morgan fingerprint density at radius 1 is 0.409 bits per heavy atom. The monoisotopic (exact) mass is 843 g/mol. The van der Waals surface area contributed by atoms with Crippen LogP contribution in [0, 0.1) is 11.3 Å². The molecule has 7 nitrogen and oxygen atoms in total. The highest BCUT2D eigenvalue weighted by Gasteiger charge is 2.30. The van der Waals surface area contributed by atoms with Gasteiger partial charge in [-0.3, -0.25) is 0 Å². The van der Waals surface area contributed by atoms with Crippen LogP contribution in [0.2, 0.25) is 0 Å². The smallest absolute Gasteiger partial charge is 0.164 e. The largest absolute Gasteiger partial charge is 0.455 e. The van der Waals surface area contributed by atoms with E-state index in [9.17, 15) is 5.26 Å². The van der Waals surface area contributed by atoms with Crippen LogP contribution >= 0.6 is 0 Å². The topological polar surface area (TPSA) is 85.7 Å². The van der Waals surface area contributed by atoms with Crippen molar-refractivity contribution >= 4 is 87.5 Å². The van der Waals surface area contributed by atoms with E-state index in [1.54, 1.807) is 0 Å². The number of benzene rings is 9. The Hall–Kier alpha value is -9.25. The summed E-state index contributed by atoms with van der Waals surface area (Å²) in [7, 11) is 0. The predicted molar refractivity (Wildman–Crippen MR) is 266 cm³/mol. The lowest BCUT2D eigenvalue weighted by Gasteiger charge is -2.15. The molecule has 0 aliphatic carbocycles. The first-order valence-electron chi connectivity index (χ1n) is 22.0. The first-order chi connectivity index (χ1) is 32.7. The minimum Gasteiger partial charge on any atom is -0.455 e. The third-order valence-corrected chi connectivity index (χ3v) is 13.2. The summed E-state index contributed by atoms with van der Waals surface area (Å²) in [4.78, 5) is 10.5. The van der Waals surface area contributed by atoms with Gasteiger partial charge in [0, 0.05) is 43.7 Å². The van der Waals surface area contributed by atoms with Crippen molar-refractivity contribution in [3.05, 3.63) is 206 Å². The first-order valence-corrected chi connectivity index (χ1v) is 22.0. The lowest BCUT2D eigenvalue weighted by molar-refractivity contribution is 0.669. The average Bonchev–Trinajstić information content (AvgIpc) is 4.15. The van der Waals surface area contributed by atoms with Crippen molar-refractivity contribution in [1.82, 2.24) is 19.1 Å².